The molecule has 0 bridgehead atoms. The largest absolute Gasteiger partial charge is 0.366 e. The van der Waals surface area contributed by atoms with Gasteiger partial charge in [-0.05, 0) is 30.5 Å². The Balaban J connectivity index is 2.04. The molecule has 0 saturated carbocycles. The molecule has 1 amide bonds. The number of hydrogen-bond donors (Lipinski definition) is 2. The lowest BCUT2D eigenvalue weighted by Gasteiger charge is -2.10. The smallest absolute Gasteiger partial charge is 0.270 e. The van der Waals surface area contributed by atoms with Gasteiger partial charge in [0.15, 0.2) is 0 Å². The summed E-state index contributed by atoms with van der Waals surface area (Å²) in [4.78, 5) is 20.5. The van der Waals surface area contributed by atoms with E-state index in [0.717, 1.165) is 5.56 Å². The molecule has 0 aliphatic rings. The van der Waals surface area contributed by atoms with Gasteiger partial charge in [0.1, 0.15) is 23.2 Å². The number of rotatable bonds is 6. The number of hydrogen-bond acceptors (Lipinski definition) is 4. The van der Waals surface area contributed by atoms with E-state index in [9.17, 15) is 9.18 Å². The predicted molar refractivity (Wildman–Crippen MR) is 87.7 cm³/mol. The second-order valence-electron chi connectivity index (χ2n) is 5.77. The molecule has 0 aliphatic heterocycles. The first-order valence-electron chi connectivity index (χ1n) is 7.56. The topological polar surface area (TPSA) is 66.9 Å². The Hall–Kier alpha value is -2.50. The van der Waals surface area contributed by atoms with Gasteiger partial charge in [0.2, 0.25) is 0 Å². The van der Waals surface area contributed by atoms with Crippen molar-refractivity contribution in [3.8, 4) is 0 Å². The fraction of sp³-hybridized carbons (Fsp3) is 0.353. The molecule has 1 aromatic heterocycles. The third kappa shape index (κ3) is 5.32. The maximum Gasteiger partial charge on any atom is 0.270 e. The number of benzene rings is 1. The number of nitrogens with zero attached hydrogens (tertiary/aromatic N) is 2. The van der Waals surface area contributed by atoms with Crippen molar-refractivity contribution in [1.82, 2.24) is 15.3 Å². The first-order valence-corrected chi connectivity index (χ1v) is 7.56. The van der Waals surface area contributed by atoms with E-state index >= 15 is 0 Å². The number of anilines is 1. The molecule has 0 unspecified atom stereocenters. The van der Waals surface area contributed by atoms with Crippen molar-refractivity contribution in [2.24, 2.45) is 5.92 Å². The minimum atomic E-state index is -0.268. The van der Waals surface area contributed by atoms with Crippen molar-refractivity contribution in [2.75, 3.05) is 11.9 Å². The summed E-state index contributed by atoms with van der Waals surface area (Å²) in [6.45, 7) is 6.88. The number of nitrogens with one attached hydrogen (secondary N) is 2. The SMILES string of the molecule is Cc1nc(NCc2ccc(F)cc2)cc(C(=O)NCC(C)C)n1. The second kappa shape index (κ2) is 7.67. The van der Waals surface area contributed by atoms with Crippen LogP contribution in [-0.2, 0) is 6.54 Å². The summed E-state index contributed by atoms with van der Waals surface area (Å²) in [5, 5.41) is 5.96. The average molecular weight is 316 g/mol. The van der Waals surface area contributed by atoms with Crippen LogP contribution < -0.4 is 10.6 Å². The molecule has 2 N–H and O–H groups in total. The molecule has 0 fully saturated rings. The molecule has 0 aliphatic carbocycles. The molecule has 6 heteroatoms. The Morgan fingerprint density at radius 1 is 1.22 bits per heavy atom. The molecule has 0 radical (unpaired) electrons. The number of carbonyl (C=O) groups is 1. The van der Waals surface area contributed by atoms with Crippen molar-refractivity contribution in [2.45, 2.75) is 27.3 Å². The lowest BCUT2D eigenvalue weighted by Crippen LogP contribution is -2.28. The normalized spacial score (nSPS) is 10.7. The highest BCUT2D eigenvalue weighted by molar-refractivity contribution is 5.92. The van der Waals surface area contributed by atoms with Crippen molar-refractivity contribution in [3.05, 3.63) is 53.2 Å². The van der Waals surface area contributed by atoms with E-state index in [0.29, 0.717) is 36.3 Å². The molecule has 1 heterocycles. The molecule has 1 aromatic carbocycles. The third-order valence-electron chi connectivity index (χ3n) is 3.13. The predicted octanol–water partition coefficient (Wildman–Crippen LogP) is 2.92. The Labute approximate surface area is 135 Å². The van der Waals surface area contributed by atoms with Crippen LogP contribution in [0.2, 0.25) is 0 Å². The standard InChI is InChI=1S/C17H21FN4O/c1-11(2)9-20-17(23)15-8-16(22-12(3)21-15)19-10-13-4-6-14(18)7-5-13/h4-8,11H,9-10H2,1-3H3,(H,20,23)(H,19,21,22). The van der Waals surface area contributed by atoms with Gasteiger partial charge in [0, 0.05) is 19.2 Å². The molecule has 0 spiro atoms. The van der Waals surface area contributed by atoms with Gasteiger partial charge in [-0.15, -0.1) is 0 Å². The van der Waals surface area contributed by atoms with Gasteiger partial charge in [-0.1, -0.05) is 26.0 Å². The molecule has 23 heavy (non-hydrogen) atoms. The van der Waals surface area contributed by atoms with Gasteiger partial charge in [0.05, 0.1) is 0 Å². The molecule has 0 saturated heterocycles. The van der Waals surface area contributed by atoms with Crippen molar-refractivity contribution in [3.63, 3.8) is 0 Å². The Bertz CT molecular complexity index is 671. The fourth-order valence-corrected chi connectivity index (χ4v) is 1.96. The van der Waals surface area contributed by atoms with Gasteiger partial charge in [-0.3, -0.25) is 4.79 Å². The van der Waals surface area contributed by atoms with Crippen molar-refractivity contribution >= 4 is 11.7 Å². The summed E-state index contributed by atoms with van der Waals surface area (Å²) < 4.78 is 12.9. The number of aryl methyl sites for hydroxylation is 1. The lowest BCUT2D eigenvalue weighted by atomic mass is 10.2. The zero-order valence-electron chi connectivity index (χ0n) is 13.6. The maximum atomic E-state index is 12.9. The van der Waals surface area contributed by atoms with E-state index in [1.54, 1.807) is 25.1 Å². The number of amides is 1. The van der Waals surface area contributed by atoms with E-state index in [2.05, 4.69) is 20.6 Å². The molecule has 2 rings (SSSR count). The molecule has 5 nitrogen and oxygen atoms in total. The summed E-state index contributed by atoms with van der Waals surface area (Å²) in [7, 11) is 0. The minimum absolute atomic E-state index is 0.214. The minimum Gasteiger partial charge on any atom is -0.366 e. The highest BCUT2D eigenvalue weighted by Gasteiger charge is 2.10. The van der Waals surface area contributed by atoms with Crippen molar-refractivity contribution in [1.29, 1.82) is 0 Å². The van der Waals surface area contributed by atoms with E-state index in [1.807, 2.05) is 13.8 Å². The quantitative estimate of drug-likeness (QED) is 0.860. The molecule has 122 valence electrons. The van der Waals surface area contributed by atoms with Gasteiger partial charge in [-0.25, -0.2) is 14.4 Å². The Kier molecular flexibility index (Phi) is 5.62. The molecule has 0 atom stereocenters. The number of halogens is 1. The lowest BCUT2D eigenvalue weighted by molar-refractivity contribution is 0.0943. The summed E-state index contributed by atoms with van der Waals surface area (Å²) in [5.41, 5.74) is 1.26. The highest BCUT2D eigenvalue weighted by Crippen LogP contribution is 2.10. The van der Waals surface area contributed by atoms with Crippen LogP contribution in [0.1, 0.15) is 35.7 Å². The zero-order valence-corrected chi connectivity index (χ0v) is 13.6. The Morgan fingerprint density at radius 2 is 1.91 bits per heavy atom. The zero-order chi connectivity index (χ0) is 16.8. The van der Waals surface area contributed by atoms with Crippen LogP contribution in [0.4, 0.5) is 10.2 Å². The average Bonchev–Trinajstić information content (AvgIpc) is 2.51. The highest BCUT2D eigenvalue weighted by atomic mass is 19.1. The third-order valence-corrected chi connectivity index (χ3v) is 3.13. The summed E-state index contributed by atoms with van der Waals surface area (Å²) in [6, 6.07) is 7.84. The van der Waals surface area contributed by atoms with Gasteiger partial charge in [0.25, 0.3) is 5.91 Å². The van der Waals surface area contributed by atoms with Gasteiger partial charge >= 0.3 is 0 Å². The van der Waals surface area contributed by atoms with Crippen LogP contribution >= 0.6 is 0 Å². The van der Waals surface area contributed by atoms with Crippen LogP contribution in [-0.4, -0.2) is 22.4 Å². The first kappa shape index (κ1) is 16.9. The van der Waals surface area contributed by atoms with Crippen LogP contribution in [0.5, 0.6) is 0 Å². The van der Waals surface area contributed by atoms with Gasteiger partial charge in [-0.2, -0.15) is 0 Å². The monoisotopic (exact) mass is 316 g/mol. The second-order valence-corrected chi connectivity index (χ2v) is 5.77. The van der Waals surface area contributed by atoms with Crippen molar-refractivity contribution < 1.29 is 9.18 Å². The maximum absolute atomic E-state index is 12.9. The van der Waals surface area contributed by atoms with Gasteiger partial charge < -0.3 is 10.6 Å². The van der Waals surface area contributed by atoms with E-state index in [1.165, 1.54) is 12.1 Å². The van der Waals surface area contributed by atoms with Crippen LogP contribution in [0, 0.1) is 18.7 Å². The molecular formula is C17H21FN4O. The molecular weight excluding hydrogens is 295 g/mol. The Morgan fingerprint density at radius 3 is 2.57 bits per heavy atom. The fourth-order valence-electron chi connectivity index (χ4n) is 1.96. The van der Waals surface area contributed by atoms with Crippen LogP contribution in [0.25, 0.3) is 0 Å². The first-order chi connectivity index (χ1) is 10.9. The number of carbonyl (C=O) groups excluding carboxylic acids is 1. The summed E-state index contributed by atoms with van der Waals surface area (Å²) in [6.07, 6.45) is 0. The van der Waals surface area contributed by atoms with Crippen LogP contribution in [0.3, 0.4) is 0 Å². The van der Waals surface area contributed by atoms with E-state index in [-0.39, 0.29) is 11.7 Å². The van der Waals surface area contributed by atoms with E-state index in [4.69, 9.17) is 0 Å². The summed E-state index contributed by atoms with van der Waals surface area (Å²) >= 11 is 0. The van der Waals surface area contributed by atoms with Crippen LogP contribution in [0.15, 0.2) is 30.3 Å². The number of aromatic nitrogens is 2. The van der Waals surface area contributed by atoms with E-state index < -0.39 is 0 Å². The summed E-state index contributed by atoms with van der Waals surface area (Å²) in [5.74, 6) is 0.975. The molecule has 2 aromatic rings.